The zero-order valence-electron chi connectivity index (χ0n) is 9.26. The molecule has 1 aromatic carbocycles. The molecule has 0 saturated heterocycles. The van der Waals surface area contributed by atoms with Crippen LogP contribution in [0.2, 0.25) is 0 Å². The van der Waals surface area contributed by atoms with Crippen molar-refractivity contribution in [3.63, 3.8) is 0 Å². The van der Waals surface area contributed by atoms with Crippen LogP contribution in [0.3, 0.4) is 0 Å². The van der Waals surface area contributed by atoms with Gasteiger partial charge in [0.2, 0.25) is 5.91 Å². The van der Waals surface area contributed by atoms with E-state index in [0.29, 0.717) is 5.75 Å². The third kappa shape index (κ3) is 3.40. The third-order valence-electron chi connectivity index (χ3n) is 2.30. The first kappa shape index (κ1) is 13.4. The molecule has 5 nitrogen and oxygen atoms in total. The first-order valence-electron chi connectivity index (χ1n) is 4.93. The average molecular weight is 243 g/mol. The van der Waals surface area contributed by atoms with Crippen LogP contribution < -0.4 is 10.5 Å². The molecule has 0 heterocycles. The molecule has 94 valence electrons. The largest absolute Gasteiger partial charge is 0.497 e. The van der Waals surface area contributed by atoms with Crippen LogP contribution in [0.15, 0.2) is 18.2 Å². The Labute approximate surface area is 97.6 Å². The number of aliphatic hydroxyl groups is 2. The average Bonchev–Trinajstić information content (AvgIpc) is 2.28. The van der Waals surface area contributed by atoms with E-state index < -0.39 is 30.4 Å². The standard InChI is InChI=1S/C11H14FNO4/c1-17-6-2-3-8(12)7(4-6)11(16)9(14)5-10(13)15/h2-4,9,11,14,16H,5H2,1H3,(H2,13,15). The minimum absolute atomic E-state index is 0.141. The molecule has 0 fully saturated rings. The summed E-state index contributed by atoms with van der Waals surface area (Å²) in [5.41, 5.74) is 4.73. The Morgan fingerprint density at radius 2 is 2.18 bits per heavy atom. The Morgan fingerprint density at radius 3 is 2.71 bits per heavy atom. The number of ether oxygens (including phenoxy) is 1. The van der Waals surface area contributed by atoms with Gasteiger partial charge in [-0.2, -0.15) is 0 Å². The van der Waals surface area contributed by atoms with E-state index in [-0.39, 0.29) is 5.56 Å². The number of halogens is 1. The van der Waals surface area contributed by atoms with Crippen LogP contribution in [-0.4, -0.2) is 29.3 Å². The van der Waals surface area contributed by atoms with Crippen molar-refractivity contribution in [3.8, 4) is 5.75 Å². The van der Waals surface area contributed by atoms with Crippen LogP contribution in [-0.2, 0) is 4.79 Å². The number of amides is 1. The van der Waals surface area contributed by atoms with Crippen molar-refractivity contribution in [2.45, 2.75) is 18.6 Å². The summed E-state index contributed by atoms with van der Waals surface area (Å²) in [6.07, 6.45) is -3.43. The number of rotatable bonds is 5. The van der Waals surface area contributed by atoms with Gasteiger partial charge in [0.1, 0.15) is 17.7 Å². The van der Waals surface area contributed by atoms with Gasteiger partial charge in [-0.15, -0.1) is 0 Å². The first-order chi connectivity index (χ1) is 7.95. The summed E-state index contributed by atoms with van der Waals surface area (Å²) in [6.45, 7) is 0. The highest BCUT2D eigenvalue weighted by Gasteiger charge is 2.23. The van der Waals surface area contributed by atoms with E-state index in [1.54, 1.807) is 0 Å². The van der Waals surface area contributed by atoms with E-state index in [1.165, 1.54) is 19.2 Å². The van der Waals surface area contributed by atoms with E-state index in [1.807, 2.05) is 0 Å². The number of nitrogens with two attached hydrogens (primary N) is 1. The molecule has 0 saturated carbocycles. The Balaban J connectivity index is 2.94. The number of carbonyl (C=O) groups is 1. The predicted octanol–water partition coefficient (Wildman–Crippen LogP) is 0.104. The molecule has 17 heavy (non-hydrogen) atoms. The molecule has 0 aromatic heterocycles. The van der Waals surface area contributed by atoms with Crippen LogP contribution in [0.4, 0.5) is 4.39 Å². The Bertz CT molecular complexity index is 410. The van der Waals surface area contributed by atoms with E-state index in [4.69, 9.17) is 10.5 Å². The number of methoxy groups -OCH3 is 1. The van der Waals surface area contributed by atoms with Crippen molar-refractivity contribution in [2.24, 2.45) is 5.73 Å². The first-order valence-corrected chi connectivity index (χ1v) is 4.93. The second-order valence-electron chi connectivity index (χ2n) is 3.57. The van der Waals surface area contributed by atoms with Gasteiger partial charge in [-0.1, -0.05) is 0 Å². The van der Waals surface area contributed by atoms with E-state index >= 15 is 0 Å². The lowest BCUT2D eigenvalue weighted by Gasteiger charge is -2.18. The summed E-state index contributed by atoms with van der Waals surface area (Å²) >= 11 is 0. The van der Waals surface area contributed by atoms with Gasteiger partial charge in [0.05, 0.1) is 19.6 Å². The highest BCUT2D eigenvalue weighted by atomic mass is 19.1. The van der Waals surface area contributed by atoms with Gasteiger partial charge in [-0.3, -0.25) is 4.79 Å². The quantitative estimate of drug-likeness (QED) is 0.684. The zero-order valence-corrected chi connectivity index (χ0v) is 9.26. The van der Waals surface area contributed by atoms with Crippen molar-refractivity contribution in [1.82, 2.24) is 0 Å². The van der Waals surface area contributed by atoms with E-state index in [9.17, 15) is 19.4 Å². The Hall–Kier alpha value is -1.66. The SMILES string of the molecule is COc1ccc(F)c(C(O)C(O)CC(N)=O)c1. The van der Waals surface area contributed by atoms with Gasteiger partial charge in [0.15, 0.2) is 0 Å². The summed E-state index contributed by atoms with van der Waals surface area (Å²) in [5.74, 6) is -1.13. The maximum atomic E-state index is 13.4. The minimum Gasteiger partial charge on any atom is -0.497 e. The molecule has 0 aliphatic rings. The molecule has 1 rings (SSSR count). The second kappa shape index (κ2) is 5.60. The fraction of sp³-hybridized carbons (Fsp3) is 0.364. The molecule has 1 aromatic rings. The number of hydrogen-bond donors (Lipinski definition) is 3. The van der Waals surface area contributed by atoms with E-state index in [2.05, 4.69) is 0 Å². The summed E-state index contributed by atoms with van der Waals surface area (Å²) in [4.78, 5) is 10.6. The van der Waals surface area contributed by atoms with Crippen LogP contribution in [0.25, 0.3) is 0 Å². The lowest BCUT2D eigenvalue weighted by Crippen LogP contribution is -2.26. The number of carbonyl (C=O) groups excluding carboxylic acids is 1. The number of hydrogen-bond acceptors (Lipinski definition) is 4. The molecule has 6 heteroatoms. The molecule has 2 unspecified atom stereocenters. The van der Waals surface area contributed by atoms with Gasteiger partial charge in [0.25, 0.3) is 0 Å². The summed E-state index contributed by atoms with van der Waals surface area (Å²) in [5, 5.41) is 19.2. The fourth-order valence-electron chi connectivity index (χ4n) is 1.40. The molecule has 2 atom stereocenters. The third-order valence-corrected chi connectivity index (χ3v) is 2.30. The smallest absolute Gasteiger partial charge is 0.220 e. The van der Waals surface area contributed by atoms with Gasteiger partial charge >= 0.3 is 0 Å². The maximum Gasteiger partial charge on any atom is 0.220 e. The van der Waals surface area contributed by atoms with Gasteiger partial charge < -0.3 is 20.7 Å². The minimum atomic E-state index is -1.53. The topological polar surface area (TPSA) is 92.8 Å². The summed E-state index contributed by atoms with van der Waals surface area (Å²) in [7, 11) is 1.39. The highest BCUT2D eigenvalue weighted by Crippen LogP contribution is 2.25. The Kier molecular flexibility index (Phi) is 4.42. The molecular weight excluding hydrogens is 229 g/mol. The fourth-order valence-corrected chi connectivity index (χ4v) is 1.40. The van der Waals surface area contributed by atoms with Crippen molar-refractivity contribution in [2.75, 3.05) is 7.11 Å². The van der Waals surface area contributed by atoms with Crippen LogP contribution >= 0.6 is 0 Å². The van der Waals surface area contributed by atoms with Crippen LogP contribution in [0.5, 0.6) is 5.75 Å². The lowest BCUT2D eigenvalue weighted by molar-refractivity contribution is -0.121. The van der Waals surface area contributed by atoms with Crippen molar-refractivity contribution in [1.29, 1.82) is 0 Å². The number of benzene rings is 1. The predicted molar refractivity (Wildman–Crippen MR) is 57.7 cm³/mol. The molecule has 0 spiro atoms. The van der Waals surface area contributed by atoms with Gasteiger partial charge in [0, 0.05) is 5.56 Å². The van der Waals surface area contributed by atoms with Crippen LogP contribution in [0, 0.1) is 5.82 Å². The number of primary amides is 1. The lowest BCUT2D eigenvalue weighted by atomic mass is 10.0. The van der Waals surface area contributed by atoms with E-state index in [0.717, 1.165) is 6.07 Å². The van der Waals surface area contributed by atoms with Gasteiger partial charge in [-0.05, 0) is 18.2 Å². The summed E-state index contributed by atoms with van der Waals surface area (Å²) < 4.78 is 18.3. The monoisotopic (exact) mass is 243 g/mol. The molecule has 1 amide bonds. The zero-order chi connectivity index (χ0) is 13.0. The molecule has 0 bridgehead atoms. The summed E-state index contributed by atoms with van der Waals surface area (Å²) in [6, 6.07) is 3.74. The molecule has 0 aliphatic carbocycles. The maximum absolute atomic E-state index is 13.4. The number of aliphatic hydroxyl groups excluding tert-OH is 2. The second-order valence-corrected chi connectivity index (χ2v) is 3.57. The molecule has 0 radical (unpaired) electrons. The van der Waals surface area contributed by atoms with Crippen molar-refractivity contribution in [3.05, 3.63) is 29.6 Å². The van der Waals surface area contributed by atoms with Crippen molar-refractivity contribution < 1.29 is 24.1 Å². The molecule has 4 N–H and O–H groups in total. The molecular formula is C11H14FNO4. The van der Waals surface area contributed by atoms with Gasteiger partial charge in [-0.25, -0.2) is 4.39 Å². The van der Waals surface area contributed by atoms with Crippen LogP contribution in [0.1, 0.15) is 18.1 Å². The highest BCUT2D eigenvalue weighted by molar-refractivity contribution is 5.74. The van der Waals surface area contributed by atoms with Crippen molar-refractivity contribution >= 4 is 5.91 Å². The molecule has 0 aliphatic heterocycles. The normalized spacial score (nSPS) is 14.1. The Morgan fingerprint density at radius 1 is 1.53 bits per heavy atom.